The second kappa shape index (κ2) is 6.29. The maximum absolute atomic E-state index is 12.0. The lowest BCUT2D eigenvalue weighted by Gasteiger charge is -2.14. The van der Waals surface area contributed by atoms with Crippen molar-refractivity contribution in [3.05, 3.63) is 54.1 Å². The van der Waals surface area contributed by atoms with Crippen LogP contribution in [0.1, 0.15) is 26.3 Å². The van der Waals surface area contributed by atoms with Crippen molar-refractivity contribution < 1.29 is 14.3 Å². The summed E-state index contributed by atoms with van der Waals surface area (Å²) in [6.07, 6.45) is 0.0491. The molecule has 0 heterocycles. The van der Waals surface area contributed by atoms with Crippen molar-refractivity contribution in [3.63, 3.8) is 0 Å². The van der Waals surface area contributed by atoms with Crippen LogP contribution in [0.25, 0.3) is 21.5 Å². The Bertz CT molecular complexity index is 865. The molecule has 3 heteroatoms. The average Bonchev–Trinajstić information content (AvgIpc) is 2.53. The van der Waals surface area contributed by atoms with Gasteiger partial charge in [0.15, 0.2) is 0 Å². The SMILES string of the molecule is CCc1ccc2cc3ccccc3c(OC(=O)OC(C)C)c2c1. The number of rotatable bonds is 3. The zero-order chi connectivity index (χ0) is 16.4. The summed E-state index contributed by atoms with van der Waals surface area (Å²) in [5, 5.41) is 3.93. The van der Waals surface area contributed by atoms with Crippen LogP contribution in [0.4, 0.5) is 4.79 Å². The lowest BCUT2D eigenvalue weighted by Crippen LogP contribution is -2.15. The number of benzene rings is 3. The van der Waals surface area contributed by atoms with E-state index in [2.05, 4.69) is 31.2 Å². The summed E-state index contributed by atoms with van der Waals surface area (Å²) in [5.41, 5.74) is 1.20. The smallest absolute Gasteiger partial charge is 0.431 e. The van der Waals surface area contributed by atoms with E-state index in [0.29, 0.717) is 5.75 Å². The van der Waals surface area contributed by atoms with E-state index in [1.807, 2.05) is 24.3 Å². The third-order valence-electron chi connectivity index (χ3n) is 3.80. The minimum atomic E-state index is -0.667. The van der Waals surface area contributed by atoms with Gasteiger partial charge in [-0.05, 0) is 48.7 Å². The van der Waals surface area contributed by atoms with Crippen molar-refractivity contribution in [2.45, 2.75) is 33.3 Å². The molecule has 0 aliphatic rings. The largest absolute Gasteiger partial charge is 0.514 e. The predicted molar refractivity (Wildman–Crippen MR) is 93.1 cm³/mol. The predicted octanol–water partition coefficient (Wildman–Crippen LogP) is 5.48. The molecule has 23 heavy (non-hydrogen) atoms. The first kappa shape index (κ1) is 15.3. The molecule has 0 saturated carbocycles. The van der Waals surface area contributed by atoms with Crippen molar-refractivity contribution in [2.75, 3.05) is 0 Å². The summed E-state index contributed by atoms with van der Waals surface area (Å²) < 4.78 is 10.7. The van der Waals surface area contributed by atoms with E-state index in [1.165, 1.54) is 5.56 Å². The maximum Gasteiger partial charge on any atom is 0.514 e. The summed E-state index contributed by atoms with van der Waals surface area (Å²) in [6.45, 7) is 5.71. The molecule has 0 unspecified atom stereocenters. The van der Waals surface area contributed by atoms with Gasteiger partial charge in [-0.25, -0.2) is 4.79 Å². The molecule has 0 saturated heterocycles. The fraction of sp³-hybridized carbons (Fsp3) is 0.250. The van der Waals surface area contributed by atoms with Gasteiger partial charge < -0.3 is 9.47 Å². The summed E-state index contributed by atoms with van der Waals surface area (Å²) >= 11 is 0. The molecule has 0 aromatic heterocycles. The van der Waals surface area contributed by atoms with Crippen LogP contribution in [0.15, 0.2) is 48.5 Å². The van der Waals surface area contributed by atoms with Gasteiger partial charge in [-0.3, -0.25) is 0 Å². The Balaban J connectivity index is 2.21. The van der Waals surface area contributed by atoms with Crippen molar-refractivity contribution in [3.8, 4) is 5.75 Å². The van der Waals surface area contributed by atoms with E-state index in [-0.39, 0.29) is 6.10 Å². The fourth-order valence-electron chi connectivity index (χ4n) is 2.70. The molecule has 3 nitrogen and oxygen atoms in total. The van der Waals surface area contributed by atoms with Gasteiger partial charge in [-0.1, -0.05) is 43.3 Å². The molecule has 0 atom stereocenters. The Morgan fingerprint density at radius 1 is 1.00 bits per heavy atom. The number of fused-ring (bicyclic) bond motifs is 2. The number of hydrogen-bond donors (Lipinski definition) is 0. The number of carbonyl (C=O) groups is 1. The van der Waals surface area contributed by atoms with E-state index in [1.54, 1.807) is 13.8 Å². The topological polar surface area (TPSA) is 35.5 Å². The van der Waals surface area contributed by atoms with Gasteiger partial charge in [0.05, 0.1) is 6.10 Å². The van der Waals surface area contributed by atoms with Crippen LogP contribution in [-0.4, -0.2) is 12.3 Å². The minimum Gasteiger partial charge on any atom is -0.431 e. The molecule has 118 valence electrons. The lowest BCUT2D eigenvalue weighted by molar-refractivity contribution is 0.0737. The summed E-state index contributed by atoms with van der Waals surface area (Å²) in [5.74, 6) is 0.569. The molecule has 0 amide bonds. The first-order chi connectivity index (χ1) is 11.1. The van der Waals surface area contributed by atoms with Gasteiger partial charge in [0, 0.05) is 10.8 Å². The molecule has 0 radical (unpaired) electrons. The molecule has 0 spiro atoms. The monoisotopic (exact) mass is 308 g/mol. The summed E-state index contributed by atoms with van der Waals surface area (Å²) in [4.78, 5) is 12.0. The highest BCUT2D eigenvalue weighted by molar-refractivity contribution is 6.06. The highest BCUT2D eigenvalue weighted by Gasteiger charge is 2.15. The molecule has 0 fully saturated rings. The van der Waals surface area contributed by atoms with Crippen molar-refractivity contribution in [1.82, 2.24) is 0 Å². The summed E-state index contributed by atoms with van der Waals surface area (Å²) in [6, 6.07) is 16.3. The minimum absolute atomic E-state index is 0.213. The zero-order valence-electron chi connectivity index (χ0n) is 13.6. The first-order valence-corrected chi connectivity index (χ1v) is 7.91. The van der Waals surface area contributed by atoms with E-state index >= 15 is 0 Å². The van der Waals surface area contributed by atoms with E-state index < -0.39 is 6.16 Å². The molecule has 0 N–H and O–H groups in total. The highest BCUT2D eigenvalue weighted by atomic mass is 16.7. The molecule has 3 rings (SSSR count). The number of ether oxygens (including phenoxy) is 2. The van der Waals surface area contributed by atoms with Gasteiger partial charge in [-0.15, -0.1) is 0 Å². The Kier molecular flexibility index (Phi) is 4.20. The summed E-state index contributed by atoms with van der Waals surface area (Å²) in [7, 11) is 0. The van der Waals surface area contributed by atoms with Crippen LogP contribution in [0.2, 0.25) is 0 Å². The zero-order valence-corrected chi connectivity index (χ0v) is 13.6. The number of hydrogen-bond acceptors (Lipinski definition) is 3. The van der Waals surface area contributed by atoms with Gasteiger partial charge in [0.2, 0.25) is 0 Å². The molecule has 3 aromatic carbocycles. The van der Waals surface area contributed by atoms with Crippen molar-refractivity contribution >= 4 is 27.7 Å². The third kappa shape index (κ3) is 3.14. The van der Waals surface area contributed by atoms with Gasteiger partial charge in [-0.2, -0.15) is 0 Å². The molecule has 0 aliphatic carbocycles. The maximum atomic E-state index is 12.0. The fourth-order valence-corrected chi connectivity index (χ4v) is 2.70. The normalized spacial score (nSPS) is 11.1. The quantitative estimate of drug-likeness (QED) is 0.365. The van der Waals surface area contributed by atoms with Gasteiger partial charge in [0.1, 0.15) is 5.75 Å². The lowest BCUT2D eigenvalue weighted by atomic mass is 9.99. The Morgan fingerprint density at radius 3 is 2.48 bits per heavy atom. The van der Waals surface area contributed by atoms with Crippen molar-refractivity contribution in [2.24, 2.45) is 0 Å². The van der Waals surface area contributed by atoms with Crippen LogP contribution in [0.5, 0.6) is 5.75 Å². The Hall–Kier alpha value is -2.55. The van der Waals surface area contributed by atoms with E-state index in [0.717, 1.165) is 28.0 Å². The Morgan fingerprint density at radius 2 is 1.74 bits per heavy atom. The van der Waals surface area contributed by atoms with Crippen LogP contribution in [0, 0.1) is 0 Å². The second-order valence-electron chi connectivity index (χ2n) is 5.85. The van der Waals surface area contributed by atoms with Gasteiger partial charge >= 0.3 is 6.16 Å². The molecule has 0 aliphatic heterocycles. The number of aryl methyl sites for hydroxylation is 1. The van der Waals surface area contributed by atoms with Crippen molar-refractivity contribution in [1.29, 1.82) is 0 Å². The standard InChI is InChI=1S/C20H20O3/c1-4-14-9-10-16-12-15-7-5-6-8-17(15)19(18(16)11-14)23-20(21)22-13(2)3/h5-13H,4H2,1-3H3. The Labute approximate surface area is 135 Å². The van der Waals surface area contributed by atoms with Crippen LogP contribution >= 0.6 is 0 Å². The van der Waals surface area contributed by atoms with Crippen LogP contribution in [0.3, 0.4) is 0 Å². The molecule has 0 bridgehead atoms. The number of carbonyl (C=O) groups excluding carboxylic acids is 1. The van der Waals surface area contributed by atoms with E-state index in [9.17, 15) is 4.79 Å². The molecular formula is C20H20O3. The van der Waals surface area contributed by atoms with Crippen LogP contribution in [-0.2, 0) is 11.2 Å². The highest BCUT2D eigenvalue weighted by Crippen LogP contribution is 2.35. The average molecular weight is 308 g/mol. The molecular weight excluding hydrogens is 288 g/mol. The molecule has 3 aromatic rings. The second-order valence-corrected chi connectivity index (χ2v) is 5.85. The third-order valence-corrected chi connectivity index (χ3v) is 3.80. The first-order valence-electron chi connectivity index (χ1n) is 7.91. The van der Waals surface area contributed by atoms with Crippen LogP contribution < -0.4 is 4.74 Å². The van der Waals surface area contributed by atoms with Gasteiger partial charge in [0.25, 0.3) is 0 Å². The van der Waals surface area contributed by atoms with E-state index in [4.69, 9.17) is 9.47 Å².